The lowest BCUT2D eigenvalue weighted by atomic mass is 9.35. The number of Topliss-reactive ketones (excluding diaryl/α,β-unsaturated/α-hetero) is 1. The Kier molecular flexibility index (Phi) is 14.7. The summed E-state index contributed by atoms with van der Waals surface area (Å²) in [5.74, 6) is -1.16. The Labute approximate surface area is 381 Å². The van der Waals surface area contributed by atoms with E-state index < -0.39 is 132 Å². The number of ketones is 1. The highest BCUT2D eigenvalue weighted by Crippen LogP contribution is 2.76. The first-order valence-electron chi connectivity index (χ1n) is 23.7. The smallest absolute Gasteiger partial charge is 0.187 e. The minimum Gasteiger partial charge on any atom is -0.394 e. The van der Waals surface area contributed by atoms with Crippen molar-refractivity contribution in [2.45, 2.75) is 210 Å². The summed E-state index contributed by atoms with van der Waals surface area (Å²) in [6.45, 7) is 14.3. The van der Waals surface area contributed by atoms with Crippen molar-refractivity contribution in [2.24, 2.45) is 45.3 Å². The van der Waals surface area contributed by atoms with Crippen LogP contribution in [0.3, 0.4) is 0 Å². The number of carbonyl (C=O) groups excluding carboxylic acids is 1. The molecule has 7 fully saturated rings. The Bertz CT molecular complexity index is 1700. The van der Waals surface area contributed by atoms with Gasteiger partial charge in [0.2, 0.25) is 0 Å². The maximum absolute atomic E-state index is 14.6. The zero-order valence-corrected chi connectivity index (χ0v) is 39.2. The van der Waals surface area contributed by atoms with Crippen LogP contribution in [0.5, 0.6) is 0 Å². The molecule has 18 heteroatoms. The molecule has 11 N–H and O–H groups in total. The van der Waals surface area contributed by atoms with Crippen molar-refractivity contribution < 1.29 is 89.4 Å². The number of aliphatic hydroxyl groups is 11. The van der Waals surface area contributed by atoms with Gasteiger partial charge < -0.3 is 84.6 Å². The van der Waals surface area contributed by atoms with E-state index in [4.69, 9.17) is 28.4 Å². The quantitative estimate of drug-likeness (QED) is 0.0892. The van der Waals surface area contributed by atoms with E-state index in [1.54, 1.807) is 32.9 Å². The van der Waals surface area contributed by atoms with Crippen LogP contribution < -0.4 is 0 Å². The first-order valence-corrected chi connectivity index (χ1v) is 23.7. The maximum Gasteiger partial charge on any atom is 0.187 e. The third kappa shape index (κ3) is 8.96. The molecule has 0 aromatic heterocycles. The van der Waals surface area contributed by atoms with Crippen molar-refractivity contribution in [3.8, 4) is 0 Å². The summed E-state index contributed by atoms with van der Waals surface area (Å²) in [4.78, 5) is 14.6. The Morgan fingerprint density at radius 3 is 2.08 bits per heavy atom. The highest BCUT2D eigenvalue weighted by Gasteiger charge is 2.73. The van der Waals surface area contributed by atoms with Crippen LogP contribution in [-0.2, 0) is 33.2 Å². The highest BCUT2D eigenvalue weighted by atomic mass is 16.8. The van der Waals surface area contributed by atoms with E-state index in [2.05, 4.69) is 27.7 Å². The topological polar surface area (TPSA) is 295 Å². The molecule has 65 heavy (non-hydrogen) atoms. The molecule has 18 nitrogen and oxygen atoms in total. The molecule has 3 aliphatic heterocycles. The largest absolute Gasteiger partial charge is 0.394 e. The lowest BCUT2D eigenvalue weighted by Gasteiger charge is -2.70. The van der Waals surface area contributed by atoms with E-state index in [1.165, 1.54) is 6.92 Å². The summed E-state index contributed by atoms with van der Waals surface area (Å²) >= 11 is 0. The predicted molar refractivity (Wildman–Crippen MR) is 228 cm³/mol. The summed E-state index contributed by atoms with van der Waals surface area (Å²) in [5.41, 5.74) is -4.88. The van der Waals surface area contributed by atoms with Crippen LogP contribution in [0.2, 0.25) is 0 Å². The molecule has 0 aromatic carbocycles. The van der Waals surface area contributed by atoms with E-state index in [1.807, 2.05) is 0 Å². The summed E-state index contributed by atoms with van der Waals surface area (Å²) < 4.78 is 36.8. The third-order valence-electron chi connectivity index (χ3n) is 17.7. The average Bonchev–Trinajstić information content (AvgIpc) is 3.54. The van der Waals surface area contributed by atoms with Crippen molar-refractivity contribution in [3.63, 3.8) is 0 Å². The normalized spacial score (nSPS) is 51.2. The monoisotopic (exact) mass is 931 g/mol. The average molecular weight is 931 g/mol. The number of carbonyl (C=O) groups is 1. The molecule has 4 aliphatic carbocycles. The molecule has 0 aromatic rings. The lowest BCUT2D eigenvalue weighted by molar-refractivity contribution is -0.365. The van der Waals surface area contributed by atoms with Gasteiger partial charge in [-0.3, -0.25) is 4.79 Å². The third-order valence-corrected chi connectivity index (χ3v) is 17.7. The van der Waals surface area contributed by atoms with Gasteiger partial charge in [-0.25, -0.2) is 0 Å². The minimum absolute atomic E-state index is 0.0305. The highest BCUT2D eigenvalue weighted by molar-refractivity contribution is 5.86. The molecule has 7 aliphatic rings. The summed E-state index contributed by atoms with van der Waals surface area (Å²) in [5, 5.41) is 118. The second-order valence-electron chi connectivity index (χ2n) is 22.7. The van der Waals surface area contributed by atoms with Crippen LogP contribution in [0.25, 0.3) is 0 Å². The Morgan fingerprint density at radius 1 is 0.754 bits per heavy atom. The van der Waals surface area contributed by atoms with Gasteiger partial charge in [0, 0.05) is 17.8 Å². The van der Waals surface area contributed by atoms with Gasteiger partial charge in [0.25, 0.3) is 0 Å². The van der Waals surface area contributed by atoms with Crippen LogP contribution in [-0.4, -0.2) is 185 Å². The summed E-state index contributed by atoms with van der Waals surface area (Å²) in [6, 6.07) is 0. The molecule has 7 rings (SSSR count). The molecule has 0 unspecified atom stereocenters. The van der Waals surface area contributed by atoms with Gasteiger partial charge in [0.05, 0.1) is 43.2 Å². The van der Waals surface area contributed by atoms with Gasteiger partial charge in [-0.1, -0.05) is 39.8 Å². The van der Waals surface area contributed by atoms with Gasteiger partial charge in [-0.05, 0) is 107 Å². The fourth-order valence-corrected chi connectivity index (χ4v) is 14.2. The van der Waals surface area contributed by atoms with Crippen molar-refractivity contribution in [3.05, 3.63) is 12.2 Å². The van der Waals surface area contributed by atoms with Gasteiger partial charge in [0.1, 0.15) is 66.8 Å². The van der Waals surface area contributed by atoms with Crippen LogP contribution >= 0.6 is 0 Å². The van der Waals surface area contributed by atoms with Gasteiger partial charge >= 0.3 is 0 Å². The fraction of sp³-hybridized carbons (Fsp3) is 0.936. The molecular weight excluding hydrogens is 852 g/mol. The second-order valence-corrected chi connectivity index (χ2v) is 22.7. The Morgan fingerprint density at radius 2 is 1.42 bits per heavy atom. The van der Waals surface area contributed by atoms with E-state index in [-0.39, 0.29) is 55.0 Å². The van der Waals surface area contributed by atoms with E-state index in [0.717, 1.165) is 6.42 Å². The Hall–Kier alpha value is -1.27. The molecule has 374 valence electrons. The number of rotatable bonds is 12. The Balaban J connectivity index is 1.17. The number of fused-ring (bicyclic) bond motifs is 5. The van der Waals surface area contributed by atoms with E-state index >= 15 is 0 Å². The zero-order chi connectivity index (χ0) is 48.0. The van der Waals surface area contributed by atoms with E-state index in [0.29, 0.717) is 32.1 Å². The van der Waals surface area contributed by atoms with E-state index in [9.17, 15) is 61.0 Å². The predicted octanol–water partition coefficient (Wildman–Crippen LogP) is -0.209. The molecular formula is C47H78O18. The SMILES string of the molecule is C[C@@H]1O[C@@H](O[C@H]2[C@H](O[C@H]3CC[C@]4(C)[C@H]5CC[C@@H]6[C@@H]([C@@](C)(O)C/C=C/C(C)(C)O)C(=O)C[C@@]6(CO[C@@H]6O[C@H](CO)[C@@H](O)[C@H](O)[C@H]6O)[C@]5(C)CC[C@H]4C3(C)C)OC[C@H](O)[C@@H]2O)[C@H](O)[C@H](O)[C@H]1O. The second kappa shape index (κ2) is 18.5. The van der Waals surface area contributed by atoms with Gasteiger partial charge in [-0.15, -0.1) is 0 Å². The van der Waals surface area contributed by atoms with Crippen molar-refractivity contribution in [1.29, 1.82) is 0 Å². The molecule has 4 saturated carbocycles. The van der Waals surface area contributed by atoms with Crippen LogP contribution in [0.1, 0.15) is 107 Å². The minimum atomic E-state index is -1.66. The number of aliphatic hydroxyl groups excluding tert-OH is 9. The van der Waals surface area contributed by atoms with Crippen molar-refractivity contribution >= 4 is 5.78 Å². The van der Waals surface area contributed by atoms with Gasteiger partial charge in [0.15, 0.2) is 18.9 Å². The lowest BCUT2D eigenvalue weighted by Crippen LogP contribution is -2.67. The molecule has 0 amide bonds. The van der Waals surface area contributed by atoms with Gasteiger partial charge in [-0.2, -0.15) is 0 Å². The number of ether oxygens (including phenoxy) is 6. The summed E-state index contributed by atoms with van der Waals surface area (Å²) in [6.07, 6.45) is -12.8. The molecule has 0 radical (unpaired) electrons. The van der Waals surface area contributed by atoms with Crippen molar-refractivity contribution in [1.82, 2.24) is 0 Å². The summed E-state index contributed by atoms with van der Waals surface area (Å²) in [7, 11) is 0. The molecule has 0 bridgehead atoms. The molecule has 0 spiro atoms. The fourth-order valence-electron chi connectivity index (χ4n) is 14.2. The molecule has 23 atom stereocenters. The molecule has 3 saturated heterocycles. The van der Waals surface area contributed by atoms with Crippen molar-refractivity contribution in [2.75, 3.05) is 19.8 Å². The number of hydrogen-bond donors (Lipinski definition) is 11. The number of hydrogen-bond acceptors (Lipinski definition) is 18. The van der Waals surface area contributed by atoms with Crippen LogP contribution in [0.4, 0.5) is 0 Å². The van der Waals surface area contributed by atoms with Crippen LogP contribution in [0, 0.1) is 45.3 Å². The molecule has 3 heterocycles. The standard InChI is InChI=1S/C47H78O18/c1-22-31(51)34(54)37(57)40(62-22)65-38-32(52)25(50)20-60-41(38)64-29-13-16-44(6)27(43(29,4)5)12-17-45(7)28(44)11-10-23-30(46(8,59)15-9-14-42(2,3)58)24(49)18-47(23,45)21-61-39-36(56)35(55)33(53)26(19-48)63-39/h9,14,22-23,25-41,48,50-59H,10-13,15-21H2,1-8H3/b14-9+/t22-,23+,25-,26+,27-,28+,29-,30+,31-,32-,33+,34+,35-,36+,37+,38+,39+,40-,41-,44-,45+,46-,47-/m0/s1. The zero-order valence-electron chi connectivity index (χ0n) is 39.2. The first kappa shape index (κ1) is 51.6. The van der Waals surface area contributed by atoms with Crippen LogP contribution in [0.15, 0.2) is 12.2 Å². The maximum atomic E-state index is 14.6. The first-order chi connectivity index (χ1) is 30.1.